The summed E-state index contributed by atoms with van der Waals surface area (Å²) in [4.78, 5) is 11.3. The van der Waals surface area contributed by atoms with E-state index < -0.39 is 5.69 Å². The molecule has 0 N–H and O–H groups in total. The maximum absolute atomic E-state index is 11.3. The number of hydrogen-bond donors (Lipinski definition) is 0. The molecule has 0 rings (SSSR count). The summed E-state index contributed by atoms with van der Waals surface area (Å²) in [5.74, 6) is 1.06. The molecule has 2 unspecified atom stereocenters. The first-order valence-corrected chi connectivity index (χ1v) is 9.58. The Balaban J connectivity index is 0. The van der Waals surface area contributed by atoms with Gasteiger partial charge in [0, 0.05) is 0 Å². The SMILES string of the molecule is CC(C)CCCCC(OP([O-])(=S)[S-])C(C)C.[Zn+2]. The van der Waals surface area contributed by atoms with Gasteiger partial charge in [-0.3, -0.25) is 0 Å². The van der Waals surface area contributed by atoms with Crippen molar-refractivity contribution >= 4 is 29.7 Å². The van der Waals surface area contributed by atoms with Crippen LogP contribution in [0.4, 0.5) is 0 Å². The Morgan fingerprint density at radius 1 is 1.18 bits per heavy atom. The first-order valence-electron chi connectivity index (χ1n) is 5.93. The van der Waals surface area contributed by atoms with Crippen molar-refractivity contribution in [3.05, 3.63) is 0 Å². The Labute approximate surface area is 129 Å². The van der Waals surface area contributed by atoms with Gasteiger partial charge in [0.05, 0.1) is 6.10 Å². The second kappa shape index (κ2) is 10.3. The van der Waals surface area contributed by atoms with Crippen LogP contribution in [-0.4, -0.2) is 6.10 Å². The molecule has 2 atom stereocenters. The summed E-state index contributed by atoms with van der Waals surface area (Å²) in [6, 6.07) is 0. The molecule has 0 aromatic rings. The van der Waals surface area contributed by atoms with Crippen molar-refractivity contribution in [2.45, 2.75) is 59.5 Å². The van der Waals surface area contributed by atoms with E-state index in [9.17, 15) is 4.89 Å². The van der Waals surface area contributed by atoms with Gasteiger partial charge in [-0.25, -0.2) is 0 Å². The summed E-state index contributed by atoms with van der Waals surface area (Å²) in [7, 11) is 0. The maximum Gasteiger partial charge on any atom is 2.00 e. The molecule has 0 aromatic heterocycles. The standard InChI is InChI=1S/C11H25O2PS2.Zn/c1-9(2)7-5-6-8-11(10(3)4)13-14(12,15)16;/h9-11H,5-8H2,1-4H3,(H2,12,15,16);/q;+2/p-2. The summed E-state index contributed by atoms with van der Waals surface area (Å²) in [5, 5.41) is 0. The van der Waals surface area contributed by atoms with Gasteiger partial charge < -0.3 is 21.7 Å². The maximum atomic E-state index is 11.3. The fraction of sp³-hybridized carbons (Fsp3) is 1.00. The van der Waals surface area contributed by atoms with Crippen molar-refractivity contribution in [1.82, 2.24) is 0 Å². The van der Waals surface area contributed by atoms with Crippen LogP contribution in [0.1, 0.15) is 53.4 Å². The summed E-state index contributed by atoms with van der Waals surface area (Å²) >= 11 is 9.30. The summed E-state index contributed by atoms with van der Waals surface area (Å²) in [6.07, 6.45) is 4.36. The molecule has 0 fully saturated rings. The van der Waals surface area contributed by atoms with Crippen LogP contribution >= 0.6 is 5.69 Å². The van der Waals surface area contributed by atoms with Crippen LogP contribution in [0.3, 0.4) is 0 Å². The molecule has 6 heteroatoms. The zero-order valence-electron chi connectivity index (χ0n) is 11.3. The molecule has 0 saturated carbocycles. The first kappa shape index (κ1) is 20.9. The van der Waals surface area contributed by atoms with Crippen LogP contribution in [0.25, 0.3) is 0 Å². The molecule has 0 aromatic carbocycles. The molecule has 2 nitrogen and oxygen atoms in total. The summed E-state index contributed by atoms with van der Waals surface area (Å²) in [5.41, 5.74) is -3.18. The van der Waals surface area contributed by atoms with E-state index in [1.807, 2.05) is 13.8 Å². The van der Waals surface area contributed by atoms with Gasteiger partial charge in [-0.1, -0.05) is 47.0 Å². The third kappa shape index (κ3) is 13.8. The molecular formula is C11H23O2PS2Zn. The van der Waals surface area contributed by atoms with E-state index in [1.165, 1.54) is 12.8 Å². The molecule has 0 aliphatic carbocycles. The van der Waals surface area contributed by atoms with Gasteiger partial charge in [0.1, 0.15) is 0 Å². The monoisotopic (exact) mass is 346 g/mol. The molecule has 0 aliphatic heterocycles. The minimum atomic E-state index is -3.18. The van der Waals surface area contributed by atoms with Crippen LogP contribution in [0.2, 0.25) is 0 Å². The molecule has 0 spiro atoms. The Morgan fingerprint density at radius 3 is 2.00 bits per heavy atom. The smallest absolute Gasteiger partial charge is 0.819 e. The molecule has 0 aliphatic rings. The fourth-order valence-corrected chi connectivity index (χ4v) is 2.92. The molecule has 17 heavy (non-hydrogen) atoms. The zero-order valence-corrected chi connectivity index (χ0v) is 16.8. The third-order valence-corrected chi connectivity index (χ3v) is 3.57. The molecule has 0 bridgehead atoms. The van der Waals surface area contributed by atoms with Crippen LogP contribution < -0.4 is 4.89 Å². The fourth-order valence-electron chi connectivity index (χ4n) is 1.57. The van der Waals surface area contributed by atoms with Crippen molar-refractivity contribution in [1.29, 1.82) is 0 Å². The van der Waals surface area contributed by atoms with E-state index in [0.717, 1.165) is 18.8 Å². The van der Waals surface area contributed by atoms with Crippen LogP contribution in [-0.2, 0) is 48.1 Å². The van der Waals surface area contributed by atoms with Gasteiger partial charge in [-0.2, -0.15) is 0 Å². The van der Waals surface area contributed by atoms with Crippen LogP contribution in [0, 0.1) is 11.8 Å². The Kier molecular flexibility index (Phi) is 12.7. The van der Waals surface area contributed by atoms with Gasteiger partial charge in [0.15, 0.2) is 0 Å². The van der Waals surface area contributed by atoms with Crippen molar-refractivity contribution in [2.75, 3.05) is 0 Å². The van der Waals surface area contributed by atoms with Crippen molar-refractivity contribution in [2.24, 2.45) is 11.8 Å². The van der Waals surface area contributed by atoms with E-state index >= 15 is 0 Å². The summed E-state index contributed by atoms with van der Waals surface area (Å²) in [6.45, 7) is 8.54. The van der Waals surface area contributed by atoms with E-state index in [2.05, 4.69) is 37.9 Å². The zero-order chi connectivity index (χ0) is 12.8. The van der Waals surface area contributed by atoms with Gasteiger partial charge in [0.2, 0.25) is 0 Å². The minimum Gasteiger partial charge on any atom is -0.819 e. The second-order valence-electron chi connectivity index (χ2n) is 5.01. The Morgan fingerprint density at radius 2 is 1.65 bits per heavy atom. The molecule has 0 saturated heterocycles. The van der Waals surface area contributed by atoms with E-state index in [4.69, 9.17) is 4.52 Å². The van der Waals surface area contributed by atoms with Crippen molar-refractivity contribution < 1.29 is 28.9 Å². The number of unbranched alkanes of at least 4 members (excludes halogenated alkanes) is 1. The topological polar surface area (TPSA) is 32.3 Å². The molecular weight excluding hydrogens is 325 g/mol. The molecule has 98 valence electrons. The molecule has 0 radical (unpaired) electrons. The second-order valence-corrected chi connectivity index (χ2v) is 9.70. The summed E-state index contributed by atoms with van der Waals surface area (Å²) < 4.78 is 5.29. The van der Waals surface area contributed by atoms with E-state index in [0.29, 0.717) is 5.92 Å². The molecule has 0 amide bonds. The van der Waals surface area contributed by atoms with Gasteiger partial charge in [-0.05, 0) is 18.3 Å². The number of rotatable bonds is 8. The van der Waals surface area contributed by atoms with Gasteiger partial charge in [0.25, 0.3) is 0 Å². The minimum absolute atomic E-state index is 0. The quantitative estimate of drug-likeness (QED) is 0.292. The van der Waals surface area contributed by atoms with Crippen LogP contribution in [0.15, 0.2) is 0 Å². The predicted octanol–water partition coefficient (Wildman–Crippen LogP) is 3.37. The third-order valence-electron chi connectivity index (χ3n) is 2.53. The van der Waals surface area contributed by atoms with E-state index in [1.54, 1.807) is 0 Å². The largest absolute Gasteiger partial charge is 2.00 e. The Hall–Kier alpha value is 1.54. The average molecular weight is 348 g/mol. The van der Waals surface area contributed by atoms with Crippen LogP contribution in [0.5, 0.6) is 0 Å². The van der Waals surface area contributed by atoms with E-state index in [-0.39, 0.29) is 25.6 Å². The number of hydrogen-bond acceptors (Lipinski definition) is 4. The normalized spacial score (nSPS) is 16.7. The first-order chi connectivity index (χ1) is 7.22. The van der Waals surface area contributed by atoms with Crippen molar-refractivity contribution in [3.8, 4) is 0 Å². The Bertz CT molecular complexity index is 232. The average Bonchev–Trinajstić information content (AvgIpc) is 2.07. The van der Waals surface area contributed by atoms with Crippen molar-refractivity contribution in [3.63, 3.8) is 0 Å². The van der Waals surface area contributed by atoms with Gasteiger partial charge in [-0.15, -0.1) is 17.5 Å². The van der Waals surface area contributed by atoms with Gasteiger partial charge >= 0.3 is 19.5 Å². The molecule has 0 heterocycles. The predicted molar refractivity (Wildman–Crippen MR) is 74.7 cm³/mol.